The van der Waals surface area contributed by atoms with Crippen molar-refractivity contribution in [1.29, 1.82) is 0 Å². The standard InChI is InChI=1S/C41H33NO2/c1-24-19-36-31-22-42(23-32(31)37-20-25(2)44-40(37,4)39(36,3)43-24)26-17-18-30-29-13-7-10-16-35(29)41(38(30)21-26)33-14-8-5-11-27(33)28-12-6-9-15-34(28)41/h5-21H,22-23H2,1-4H3. The first-order chi connectivity index (χ1) is 21.3. The van der Waals surface area contributed by atoms with Crippen molar-refractivity contribution in [2.24, 2.45) is 0 Å². The molecule has 0 N–H and O–H groups in total. The second-order valence-electron chi connectivity index (χ2n) is 13.5. The molecule has 0 aromatic heterocycles. The van der Waals surface area contributed by atoms with Gasteiger partial charge in [-0.05, 0) is 108 Å². The SMILES string of the molecule is CC1=CC2=C3CN(c4ccc5c(c4)C4(c6ccccc6-c6ccccc64)c4ccccc4-5)CC3=C3C=C(C)OC3(C)C2(C)O1. The first-order valence-electron chi connectivity index (χ1n) is 15.8. The third kappa shape index (κ3) is 2.63. The summed E-state index contributed by atoms with van der Waals surface area (Å²) in [5.74, 6) is 1.92. The third-order valence-corrected chi connectivity index (χ3v) is 11.4. The van der Waals surface area contributed by atoms with E-state index >= 15 is 0 Å². The Kier molecular flexibility index (Phi) is 4.39. The first-order valence-corrected chi connectivity index (χ1v) is 15.8. The summed E-state index contributed by atoms with van der Waals surface area (Å²) in [4.78, 5) is 2.56. The van der Waals surface area contributed by atoms with Gasteiger partial charge in [0.1, 0.15) is 0 Å². The number of anilines is 1. The summed E-state index contributed by atoms with van der Waals surface area (Å²) >= 11 is 0. The number of allylic oxidation sites excluding steroid dienone is 2. The minimum absolute atomic E-state index is 0.333. The number of benzene rings is 4. The Hall–Kier alpha value is -4.76. The topological polar surface area (TPSA) is 21.7 Å². The quantitative estimate of drug-likeness (QED) is 0.197. The average molecular weight is 572 g/mol. The summed E-state index contributed by atoms with van der Waals surface area (Å²) in [7, 11) is 0. The van der Waals surface area contributed by atoms with Gasteiger partial charge < -0.3 is 14.4 Å². The molecule has 0 saturated carbocycles. The fourth-order valence-electron chi connectivity index (χ4n) is 9.54. The largest absolute Gasteiger partial charge is 0.483 e. The molecule has 2 unspecified atom stereocenters. The maximum atomic E-state index is 6.59. The number of hydrogen-bond donors (Lipinski definition) is 0. The molecule has 0 bridgehead atoms. The molecule has 4 aromatic rings. The van der Waals surface area contributed by atoms with Gasteiger partial charge >= 0.3 is 0 Å². The van der Waals surface area contributed by atoms with Crippen molar-refractivity contribution in [1.82, 2.24) is 0 Å². The lowest BCUT2D eigenvalue weighted by molar-refractivity contribution is -0.0956. The van der Waals surface area contributed by atoms with Gasteiger partial charge in [0, 0.05) is 29.9 Å². The highest BCUT2D eigenvalue weighted by Gasteiger charge is 2.62. The van der Waals surface area contributed by atoms with E-state index in [0.29, 0.717) is 0 Å². The van der Waals surface area contributed by atoms with Gasteiger partial charge in [-0.25, -0.2) is 0 Å². The normalized spacial score (nSPS) is 25.9. The van der Waals surface area contributed by atoms with Gasteiger partial charge in [0.2, 0.25) is 0 Å². The maximum Gasteiger partial charge on any atom is 0.174 e. The van der Waals surface area contributed by atoms with E-state index in [1.54, 1.807) is 0 Å². The maximum absolute atomic E-state index is 6.59. The Balaban J connectivity index is 1.19. The predicted molar refractivity (Wildman–Crippen MR) is 175 cm³/mol. The van der Waals surface area contributed by atoms with Crippen LogP contribution in [0.25, 0.3) is 22.3 Å². The van der Waals surface area contributed by atoms with Crippen molar-refractivity contribution in [2.75, 3.05) is 18.0 Å². The second kappa shape index (κ2) is 7.84. The molecule has 1 spiro atoms. The van der Waals surface area contributed by atoms with Gasteiger partial charge in [0.25, 0.3) is 0 Å². The molecule has 1 saturated heterocycles. The zero-order valence-electron chi connectivity index (χ0n) is 25.5. The summed E-state index contributed by atoms with van der Waals surface area (Å²) in [6, 6.07) is 34.3. The molecule has 214 valence electrons. The van der Waals surface area contributed by atoms with E-state index < -0.39 is 11.2 Å². The summed E-state index contributed by atoms with van der Waals surface area (Å²) in [5, 5.41) is 0. The van der Waals surface area contributed by atoms with Crippen LogP contribution in [0.1, 0.15) is 49.9 Å². The monoisotopic (exact) mass is 571 g/mol. The van der Waals surface area contributed by atoms with Crippen LogP contribution in [0.4, 0.5) is 5.69 Å². The van der Waals surface area contributed by atoms with Crippen LogP contribution in [0.3, 0.4) is 0 Å². The smallest absolute Gasteiger partial charge is 0.174 e. The molecular weight excluding hydrogens is 538 g/mol. The summed E-state index contributed by atoms with van der Waals surface area (Å²) in [5.41, 5.74) is 16.0. The van der Waals surface area contributed by atoms with Gasteiger partial charge in [0.15, 0.2) is 11.2 Å². The highest BCUT2D eigenvalue weighted by Crippen LogP contribution is 2.63. The van der Waals surface area contributed by atoms with Gasteiger partial charge in [-0.1, -0.05) is 78.9 Å². The zero-order valence-corrected chi connectivity index (χ0v) is 25.5. The lowest BCUT2D eigenvalue weighted by Gasteiger charge is -2.45. The number of rotatable bonds is 1. The van der Waals surface area contributed by atoms with Crippen molar-refractivity contribution < 1.29 is 9.47 Å². The van der Waals surface area contributed by atoms with E-state index in [-0.39, 0.29) is 5.41 Å². The van der Waals surface area contributed by atoms with Crippen molar-refractivity contribution in [2.45, 2.75) is 44.3 Å². The van der Waals surface area contributed by atoms with Crippen LogP contribution in [-0.2, 0) is 14.9 Å². The van der Waals surface area contributed by atoms with Crippen LogP contribution in [0.15, 0.2) is 137 Å². The second-order valence-corrected chi connectivity index (χ2v) is 13.5. The van der Waals surface area contributed by atoms with Crippen molar-refractivity contribution in [3.05, 3.63) is 159 Å². The molecule has 6 aliphatic rings. The Bertz CT molecular complexity index is 2020. The van der Waals surface area contributed by atoms with E-state index in [0.717, 1.165) is 24.6 Å². The van der Waals surface area contributed by atoms with Crippen molar-refractivity contribution in [3.8, 4) is 22.3 Å². The summed E-state index contributed by atoms with van der Waals surface area (Å²) < 4.78 is 13.2. The fourth-order valence-corrected chi connectivity index (χ4v) is 9.54. The van der Waals surface area contributed by atoms with Gasteiger partial charge in [-0.15, -0.1) is 0 Å². The van der Waals surface area contributed by atoms with Gasteiger partial charge in [-0.3, -0.25) is 0 Å². The highest BCUT2D eigenvalue weighted by atomic mass is 16.6. The molecule has 44 heavy (non-hydrogen) atoms. The van der Waals surface area contributed by atoms with Gasteiger partial charge in [0.05, 0.1) is 16.9 Å². The Labute approximate surface area is 258 Å². The molecule has 4 aromatic carbocycles. The predicted octanol–water partition coefficient (Wildman–Crippen LogP) is 8.84. The molecule has 3 heterocycles. The van der Waals surface area contributed by atoms with Crippen LogP contribution >= 0.6 is 0 Å². The van der Waals surface area contributed by atoms with E-state index in [1.807, 2.05) is 0 Å². The van der Waals surface area contributed by atoms with Crippen LogP contribution in [0.2, 0.25) is 0 Å². The van der Waals surface area contributed by atoms with Crippen molar-refractivity contribution >= 4 is 5.69 Å². The minimum atomic E-state index is -0.545. The van der Waals surface area contributed by atoms with E-state index in [4.69, 9.17) is 9.47 Å². The number of fused-ring (bicyclic) bond motifs is 14. The molecule has 3 aliphatic carbocycles. The molecule has 3 nitrogen and oxygen atoms in total. The molecule has 10 rings (SSSR count). The molecule has 1 fully saturated rings. The lowest BCUT2D eigenvalue weighted by atomic mass is 9.68. The molecule has 2 atom stereocenters. The average Bonchev–Trinajstić information content (AvgIpc) is 3.81. The number of ether oxygens (including phenoxy) is 2. The number of nitrogens with zero attached hydrogens (tertiary/aromatic N) is 1. The lowest BCUT2D eigenvalue weighted by Crippen LogP contribution is -2.54. The van der Waals surface area contributed by atoms with Crippen LogP contribution in [-0.4, -0.2) is 24.3 Å². The van der Waals surface area contributed by atoms with E-state index in [2.05, 4.69) is 136 Å². The summed E-state index contributed by atoms with van der Waals surface area (Å²) in [6.45, 7) is 10.3. The fraction of sp³-hybridized carbons (Fsp3) is 0.220. The van der Waals surface area contributed by atoms with Crippen LogP contribution in [0, 0.1) is 0 Å². The third-order valence-electron chi connectivity index (χ3n) is 11.4. The number of hydrogen-bond acceptors (Lipinski definition) is 3. The Morgan fingerprint density at radius 2 is 0.977 bits per heavy atom. The van der Waals surface area contributed by atoms with Crippen LogP contribution < -0.4 is 4.90 Å². The zero-order chi connectivity index (χ0) is 29.6. The van der Waals surface area contributed by atoms with Crippen LogP contribution in [0.5, 0.6) is 0 Å². The molecular formula is C41H33NO2. The van der Waals surface area contributed by atoms with E-state index in [9.17, 15) is 0 Å². The summed E-state index contributed by atoms with van der Waals surface area (Å²) in [6.07, 6.45) is 4.50. The highest BCUT2D eigenvalue weighted by molar-refractivity contribution is 5.95. The Morgan fingerprint density at radius 3 is 1.45 bits per heavy atom. The van der Waals surface area contributed by atoms with E-state index in [1.165, 1.54) is 72.5 Å². The molecule has 0 radical (unpaired) electrons. The minimum Gasteiger partial charge on any atom is -0.483 e. The first kappa shape index (κ1) is 24.7. The molecule has 0 amide bonds. The molecule has 3 aliphatic heterocycles. The Morgan fingerprint density at radius 1 is 0.545 bits per heavy atom. The van der Waals surface area contributed by atoms with Gasteiger partial charge in [-0.2, -0.15) is 0 Å². The van der Waals surface area contributed by atoms with Crippen molar-refractivity contribution in [3.63, 3.8) is 0 Å². The molecule has 3 heteroatoms.